The molecule has 0 amide bonds. The predicted molar refractivity (Wildman–Crippen MR) is 142 cm³/mol. The molecule has 0 radical (unpaired) electrons. The molecular formula is C31H42N2. The van der Waals surface area contributed by atoms with E-state index in [4.69, 9.17) is 4.99 Å². The van der Waals surface area contributed by atoms with Crippen molar-refractivity contribution in [2.45, 2.75) is 77.0 Å². The molecule has 2 aromatic rings. The molecule has 2 heteroatoms. The highest BCUT2D eigenvalue weighted by molar-refractivity contribution is 5.98. The Balaban J connectivity index is 1.32. The molecule has 2 aliphatic rings. The third-order valence-corrected chi connectivity index (χ3v) is 8.10. The summed E-state index contributed by atoms with van der Waals surface area (Å²) in [7, 11) is 2.26. The average Bonchev–Trinajstić information content (AvgIpc) is 3.34. The van der Waals surface area contributed by atoms with Gasteiger partial charge < -0.3 is 4.90 Å². The Kier molecular flexibility index (Phi) is 8.20. The van der Waals surface area contributed by atoms with E-state index in [9.17, 15) is 0 Å². The first-order valence-electron chi connectivity index (χ1n) is 13.2. The summed E-state index contributed by atoms with van der Waals surface area (Å²) in [6.07, 6.45) is 13.5. The van der Waals surface area contributed by atoms with Crippen molar-refractivity contribution < 1.29 is 0 Å². The molecule has 1 fully saturated rings. The zero-order valence-corrected chi connectivity index (χ0v) is 21.0. The van der Waals surface area contributed by atoms with Gasteiger partial charge in [0, 0.05) is 30.3 Å². The number of aliphatic imine (C=N–C) groups is 1. The smallest absolute Gasteiger partial charge is 0.0339 e. The minimum atomic E-state index is 0.0587. The highest BCUT2D eigenvalue weighted by atomic mass is 15.1. The lowest BCUT2D eigenvalue weighted by Crippen LogP contribution is -2.41. The number of nitrogens with zero attached hydrogens (tertiary/aromatic N) is 2. The minimum absolute atomic E-state index is 0.0587. The van der Waals surface area contributed by atoms with Gasteiger partial charge in [-0.25, -0.2) is 0 Å². The van der Waals surface area contributed by atoms with Gasteiger partial charge in [0.05, 0.1) is 0 Å². The molecule has 1 saturated carbocycles. The molecule has 1 unspecified atom stereocenters. The van der Waals surface area contributed by atoms with Crippen LogP contribution in [0, 0.1) is 5.92 Å². The Hall–Kier alpha value is -2.19. The first-order valence-corrected chi connectivity index (χ1v) is 13.2. The summed E-state index contributed by atoms with van der Waals surface area (Å²) >= 11 is 0. The summed E-state index contributed by atoms with van der Waals surface area (Å²) in [6, 6.07) is 20.3. The van der Waals surface area contributed by atoms with Crippen LogP contribution < -0.4 is 0 Å². The van der Waals surface area contributed by atoms with Crippen molar-refractivity contribution in [2.75, 3.05) is 20.1 Å². The maximum Gasteiger partial charge on any atom is 0.0339 e. The van der Waals surface area contributed by atoms with Crippen molar-refractivity contribution >= 4 is 5.71 Å². The van der Waals surface area contributed by atoms with Gasteiger partial charge in [-0.2, -0.15) is 0 Å². The average molecular weight is 443 g/mol. The fraction of sp³-hybridized carbons (Fsp3) is 0.516. The van der Waals surface area contributed by atoms with Crippen LogP contribution in [0.3, 0.4) is 0 Å². The van der Waals surface area contributed by atoms with Gasteiger partial charge in [-0.3, -0.25) is 4.99 Å². The van der Waals surface area contributed by atoms with Crippen molar-refractivity contribution in [3.8, 4) is 0 Å². The fourth-order valence-corrected chi connectivity index (χ4v) is 5.91. The van der Waals surface area contributed by atoms with E-state index in [0.717, 1.165) is 32.4 Å². The second-order valence-electron chi connectivity index (χ2n) is 10.5. The van der Waals surface area contributed by atoms with Crippen LogP contribution in [0.25, 0.3) is 0 Å². The van der Waals surface area contributed by atoms with Gasteiger partial charge in [-0.1, -0.05) is 80.8 Å². The molecule has 0 spiro atoms. The molecule has 1 atom stereocenters. The van der Waals surface area contributed by atoms with Gasteiger partial charge in [0.15, 0.2) is 0 Å². The predicted octanol–water partition coefficient (Wildman–Crippen LogP) is 7.38. The van der Waals surface area contributed by atoms with Crippen LogP contribution in [0.5, 0.6) is 0 Å². The summed E-state index contributed by atoms with van der Waals surface area (Å²) < 4.78 is 0. The second kappa shape index (κ2) is 11.3. The lowest BCUT2D eigenvalue weighted by molar-refractivity contribution is 0.275. The van der Waals surface area contributed by atoms with Crippen LogP contribution in [0.1, 0.15) is 75.5 Å². The molecule has 2 nitrogen and oxygen atoms in total. The molecule has 0 bridgehead atoms. The SMILES string of the molecule is CCc1ccc(CCCN(C)CC2=CN=C(C(C)(c3ccccc3)C3CCCCC3)C2)cc1. The first kappa shape index (κ1) is 24.0. The Bertz CT molecular complexity index is 935. The van der Waals surface area contributed by atoms with Crippen LogP contribution >= 0.6 is 0 Å². The molecule has 1 aliphatic carbocycles. The monoisotopic (exact) mass is 442 g/mol. The quantitative estimate of drug-likeness (QED) is 0.375. The summed E-state index contributed by atoms with van der Waals surface area (Å²) in [4.78, 5) is 7.54. The molecule has 0 saturated heterocycles. The van der Waals surface area contributed by atoms with E-state index in [1.807, 2.05) is 0 Å². The molecule has 1 heterocycles. The zero-order chi connectivity index (χ0) is 23.1. The van der Waals surface area contributed by atoms with E-state index < -0.39 is 0 Å². The van der Waals surface area contributed by atoms with E-state index in [1.54, 1.807) is 0 Å². The summed E-state index contributed by atoms with van der Waals surface area (Å²) in [5.74, 6) is 0.706. The van der Waals surface area contributed by atoms with Gasteiger partial charge in [-0.15, -0.1) is 0 Å². The number of likely N-dealkylation sites (N-methyl/N-ethyl adjacent to an activating group) is 1. The Morgan fingerprint density at radius 3 is 2.33 bits per heavy atom. The molecule has 1 aliphatic heterocycles. The van der Waals surface area contributed by atoms with Crippen molar-refractivity contribution in [1.29, 1.82) is 0 Å². The van der Waals surface area contributed by atoms with Crippen molar-refractivity contribution in [3.05, 3.63) is 83.1 Å². The number of hydrogen-bond acceptors (Lipinski definition) is 2. The molecule has 33 heavy (non-hydrogen) atoms. The molecule has 4 rings (SSSR count). The van der Waals surface area contributed by atoms with Crippen LogP contribution in [-0.2, 0) is 18.3 Å². The van der Waals surface area contributed by atoms with Crippen LogP contribution in [0.15, 0.2) is 71.4 Å². The highest BCUT2D eigenvalue weighted by Gasteiger charge is 2.41. The maximum atomic E-state index is 5.07. The van der Waals surface area contributed by atoms with E-state index >= 15 is 0 Å². The number of rotatable bonds is 10. The Morgan fingerprint density at radius 1 is 0.939 bits per heavy atom. The summed E-state index contributed by atoms with van der Waals surface area (Å²) in [6.45, 7) is 6.84. The lowest BCUT2D eigenvalue weighted by atomic mass is 9.63. The van der Waals surface area contributed by atoms with Crippen molar-refractivity contribution in [1.82, 2.24) is 4.90 Å². The van der Waals surface area contributed by atoms with E-state index in [1.165, 1.54) is 66.5 Å². The Labute approximate surface area is 201 Å². The number of hydrogen-bond donors (Lipinski definition) is 0. The number of aryl methyl sites for hydroxylation is 2. The van der Waals surface area contributed by atoms with Gasteiger partial charge in [0.1, 0.15) is 0 Å². The van der Waals surface area contributed by atoms with E-state index in [-0.39, 0.29) is 5.41 Å². The second-order valence-corrected chi connectivity index (χ2v) is 10.5. The topological polar surface area (TPSA) is 15.6 Å². The largest absolute Gasteiger partial charge is 0.302 e. The van der Waals surface area contributed by atoms with Gasteiger partial charge >= 0.3 is 0 Å². The standard InChI is InChI=1S/C31H42N2/c1-4-25-17-19-26(20-18-25)12-11-21-33(3)24-27-22-30(32-23-27)31(2,28-13-7-5-8-14-28)29-15-9-6-10-16-29/h5,7-8,13-14,17-20,23,29H,4,6,9-12,15-16,21-22,24H2,1-3H3. The minimum Gasteiger partial charge on any atom is -0.302 e. The molecule has 2 aromatic carbocycles. The first-order chi connectivity index (χ1) is 16.1. The summed E-state index contributed by atoms with van der Waals surface area (Å²) in [5, 5.41) is 0. The van der Waals surface area contributed by atoms with Crippen LogP contribution in [-0.4, -0.2) is 30.7 Å². The van der Waals surface area contributed by atoms with Crippen molar-refractivity contribution in [2.24, 2.45) is 10.9 Å². The molecule has 0 N–H and O–H groups in total. The third kappa shape index (κ3) is 5.84. The van der Waals surface area contributed by atoms with Gasteiger partial charge in [0.25, 0.3) is 0 Å². The summed E-state index contributed by atoms with van der Waals surface area (Å²) in [5.41, 5.74) is 7.25. The normalized spacial score (nSPS) is 18.8. The van der Waals surface area contributed by atoms with Crippen LogP contribution in [0.2, 0.25) is 0 Å². The van der Waals surface area contributed by atoms with E-state index in [0.29, 0.717) is 5.92 Å². The van der Waals surface area contributed by atoms with Crippen LogP contribution in [0.4, 0.5) is 0 Å². The molecule has 0 aromatic heterocycles. The maximum absolute atomic E-state index is 5.07. The van der Waals surface area contributed by atoms with Gasteiger partial charge in [-0.05, 0) is 80.8 Å². The van der Waals surface area contributed by atoms with Crippen molar-refractivity contribution in [3.63, 3.8) is 0 Å². The lowest BCUT2D eigenvalue weighted by Gasteiger charge is -2.41. The molecular weight excluding hydrogens is 400 g/mol. The third-order valence-electron chi connectivity index (χ3n) is 8.10. The van der Waals surface area contributed by atoms with E-state index in [2.05, 4.69) is 86.6 Å². The highest BCUT2D eigenvalue weighted by Crippen LogP contribution is 2.44. The fourth-order valence-electron chi connectivity index (χ4n) is 5.91. The Morgan fingerprint density at radius 2 is 1.64 bits per heavy atom. The zero-order valence-electron chi connectivity index (χ0n) is 21.0. The van der Waals surface area contributed by atoms with Gasteiger partial charge in [0.2, 0.25) is 0 Å². The molecule has 176 valence electrons. The number of benzene rings is 2.